The Morgan fingerprint density at radius 3 is 2.58 bits per heavy atom. The highest BCUT2D eigenvalue weighted by Gasteiger charge is 2.26. The molecule has 1 amide bonds. The van der Waals surface area contributed by atoms with E-state index in [-0.39, 0.29) is 23.7 Å². The molecule has 1 heterocycles. The topological polar surface area (TPSA) is 32.3 Å². The molecule has 2 atom stereocenters. The molecular weight excluding hydrogens is 327 g/mol. The van der Waals surface area contributed by atoms with E-state index >= 15 is 0 Å². The van der Waals surface area contributed by atoms with E-state index in [1.807, 2.05) is 19.1 Å². The quantitative estimate of drug-likeness (QED) is 0.872. The third-order valence-electron chi connectivity index (χ3n) is 5.13. The number of hydrogen-bond donors (Lipinski definition) is 1. The van der Waals surface area contributed by atoms with Crippen LogP contribution in [0.15, 0.2) is 48.5 Å². The fourth-order valence-corrected chi connectivity index (χ4v) is 3.53. The molecule has 26 heavy (non-hydrogen) atoms. The summed E-state index contributed by atoms with van der Waals surface area (Å²) in [6, 6.07) is 14.9. The van der Waals surface area contributed by atoms with Gasteiger partial charge in [0.2, 0.25) is 5.91 Å². The van der Waals surface area contributed by atoms with Gasteiger partial charge < -0.3 is 5.32 Å². The van der Waals surface area contributed by atoms with E-state index in [1.54, 1.807) is 0 Å². The van der Waals surface area contributed by atoms with E-state index in [1.165, 1.54) is 17.7 Å². The zero-order valence-corrected chi connectivity index (χ0v) is 15.5. The first-order valence-corrected chi connectivity index (χ1v) is 9.35. The molecule has 0 spiro atoms. The molecule has 4 heteroatoms. The molecular formula is C22H27FN2O. The summed E-state index contributed by atoms with van der Waals surface area (Å²) in [5.74, 6) is -0.0753. The lowest BCUT2D eigenvalue weighted by Gasteiger charge is -2.32. The van der Waals surface area contributed by atoms with E-state index in [0.29, 0.717) is 0 Å². The lowest BCUT2D eigenvalue weighted by Crippen LogP contribution is -2.43. The number of likely N-dealkylation sites (tertiary alicyclic amines) is 1. The number of nitrogens with one attached hydrogen (secondary N) is 1. The molecule has 3 nitrogen and oxygen atoms in total. The minimum absolute atomic E-state index is 0.00979. The summed E-state index contributed by atoms with van der Waals surface area (Å²) < 4.78 is 13.1. The van der Waals surface area contributed by atoms with Crippen molar-refractivity contribution in [2.75, 3.05) is 13.1 Å². The zero-order chi connectivity index (χ0) is 18.5. The fraction of sp³-hybridized carbons (Fsp3) is 0.409. The van der Waals surface area contributed by atoms with Crippen molar-refractivity contribution >= 4 is 5.91 Å². The summed E-state index contributed by atoms with van der Waals surface area (Å²) in [6.45, 7) is 6.59. The molecule has 1 saturated heterocycles. The second-order valence-corrected chi connectivity index (χ2v) is 7.34. The van der Waals surface area contributed by atoms with Gasteiger partial charge in [-0.1, -0.05) is 42.0 Å². The van der Waals surface area contributed by atoms with Crippen LogP contribution < -0.4 is 5.32 Å². The molecule has 2 aromatic rings. The maximum absolute atomic E-state index is 13.1. The third kappa shape index (κ3) is 4.92. The largest absolute Gasteiger partial charge is 0.349 e. The second kappa shape index (κ2) is 8.45. The van der Waals surface area contributed by atoms with Crippen LogP contribution in [0.5, 0.6) is 0 Å². The Morgan fingerprint density at radius 1 is 1.19 bits per heavy atom. The number of halogens is 1. The van der Waals surface area contributed by atoms with Gasteiger partial charge >= 0.3 is 0 Å². The summed E-state index contributed by atoms with van der Waals surface area (Å²) in [5, 5.41) is 3.16. The van der Waals surface area contributed by atoms with Gasteiger partial charge in [0.05, 0.1) is 12.0 Å². The Bertz CT molecular complexity index is 727. The van der Waals surface area contributed by atoms with Gasteiger partial charge in [-0.2, -0.15) is 0 Å². The van der Waals surface area contributed by atoms with Crippen molar-refractivity contribution in [2.45, 2.75) is 39.3 Å². The third-order valence-corrected chi connectivity index (χ3v) is 5.13. The highest BCUT2D eigenvalue weighted by molar-refractivity contribution is 5.79. The predicted octanol–water partition coefficient (Wildman–Crippen LogP) is 4.22. The first kappa shape index (κ1) is 18.6. The summed E-state index contributed by atoms with van der Waals surface area (Å²) in [6.07, 6.45) is 1.94. The fourth-order valence-electron chi connectivity index (χ4n) is 3.53. The van der Waals surface area contributed by atoms with Crippen LogP contribution >= 0.6 is 0 Å². The van der Waals surface area contributed by atoms with Crippen LogP contribution in [-0.4, -0.2) is 23.9 Å². The second-order valence-electron chi connectivity index (χ2n) is 7.34. The first-order chi connectivity index (χ1) is 12.5. The van der Waals surface area contributed by atoms with Crippen molar-refractivity contribution < 1.29 is 9.18 Å². The number of benzene rings is 2. The minimum Gasteiger partial charge on any atom is -0.349 e. The number of rotatable bonds is 5. The SMILES string of the molecule is Cc1ccc([C@@H](C)NC(=O)[C@H]2CCCN(Cc3ccc(F)cc3)C2)cc1. The summed E-state index contributed by atoms with van der Waals surface area (Å²) in [5.41, 5.74) is 3.43. The van der Waals surface area contributed by atoms with Crippen LogP contribution in [0, 0.1) is 18.7 Å². The summed E-state index contributed by atoms with van der Waals surface area (Å²) in [7, 11) is 0. The Morgan fingerprint density at radius 2 is 1.88 bits per heavy atom. The van der Waals surface area contributed by atoms with E-state index in [9.17, 15) is 9.18 Å². The van der Waals surface area contributed by atoms with Crippen molar-refractivity contribution in [3.63, 3.8) is 0 Å². The molecule has 2 aromatic carbocycles. The van der Waals surface area contributed by atoms with Gasteiger partial charge in [-0.3, -0.25) is 9.69 Å². The molecule has 0 aromatic heterocycles. The predicted molar refractivity (Wildman–Crippen MR) is 102 cm³/mol. The molecule has 1 aliphatic rings. The molecule has 0 aliphatic carbocycles. The average Bonchev–Trinajstić information content (AvgIpc) is 2.64. The molecule has 0 bridgehead atoms. The molecule has 0 radical (unpaired) electrons. The van der Waals surface area contributed by atoms with Gasteiger partial charge in [-0.25, -0.2) is 4.39 Å². The van der Waals surface area contributed by atoms with Gasteiger partial charge in [0.25, 0.3) is 0 Å². The number of hydrogen-bond acceptors (Lipinski definition) is 2. The monoisotopic (exact) mass is 354 g/mol. The Labute approximate surface area is 155 Å². The number of nitrogens with zero attached hydrogens (tertiary/aromatic N) is 1. The zero-order valence-electron chi connectivity index (χ0n) is 15.5. The normalized spacial score (nSPS) is 19.1. The van der Waals surface area contributed by atoms with Crippen LogP contribution in [-0.2, 0) is 11.3 Å². The van der Waals surface area contributed by atoms with Crippen LogP contribution in [0.1, 0.15) is 42.5 Å². The van der Waals surface area contributed by atoms with Crippen LogP contribution in [0.25, 0.3) is 0 Å². The Balaban J connectivity index is 1.55. The minimum atomic E-state index is -0.213. The number of piperidine rings is 1. The van der Waals surface area contributed by atoms with Crippen LogP contribution in [0.2, 0.25) is 0 Å². The Kier molecular flexibility index (Phi) is 6.04. The number of amides is 1. The molecule has 138 valence electrons. The average molecular weight is 354 g/mol. The van der Waals surface area contributed by atoms with Gasteiger partial charge in [0.1, 0.15) is 5.82 Å². The van der Waals surface area contributed by atoms with Crippen molar-refractivity contribution in [2.24, 2.45) is 5.92 Å². The Hall–Kier alpha value is -2.20. The highest BCUT2D eigenvalue weighted by Crippen LogP contribution is 2.21. The number of carbonyl (C=O) groups excluding carboxylic acids is 1. The van der Waals surface area contributed by atoms with Crippen molar-refractivity contribution in [1.82, 2.24) is 10.2 Å². The highest BCUT2D eigenvalue weighted by atomic mass is 19.1. The van der Waals surface area contributed by atoms with Gasteiger partial charge in [-0.05, 0) is 56.5 Å². The smallest absolute Gasteiger partial charge is 0.224 e. The van der Waals surface area contributed by atoms with Gasteiger partial charge in [-0.15, -0.1) is 0 Å². The molecule has 1 fully saturated rings. The van der Waals surface area contributed by atoms with Crippen LogP contribution in [0.3, 0.4) is 0 Å². The van der Waals surface area contributed by atoms with E-state index in [0.717, 1.165) is 43.6 Å². The number of aryl methyl sites for hydroxylation is 1. The van der Waals surface area contributed by atoms with Crippen molar-refractivity contribution in [3.8, 4) is 0 Å². The van der Waals surface area contributed by atoms with Gasteiger partial charge in [0.15, 0.2) is 0 Å². The lowest BCUT2D eigenvalue weighted by atomic mass is 9.96. The molecule has 1 N–H and O–H groups in total. The van der Waals surface area contributed by atoms with E-state index in [4.69, 9.17) is 0 Å². The standard InChI is InChI=1S/C22H27FN2O/c1-16-5-9-19(10-6-16)17(2)24-22(26)20-4-3-13-25(15-20)14-18-7-11-21(23)12-8-18/h5-12,17,20H,3-4,13-15H2,1-2H3,(H,24,26)/t17-,20+/m1/s1. The molecule has 0 saturated carbocycles. The summed E-state index contributed by atoms with van der Waals surface area (Å²) >= 11 is 0. The van der Waals surface area contributed by atoms with E-state index in [2.05, 4.69) is 41.4 Å². The summed E-state index contributed by atoms with van der Waals surface area (Å²) in [4.78, 5) is 15.0. The maximum Gasteiger partial charge on any atom is 0.224 e. The molecule has 0 unspecified atom stereocenters. The number of carbonyl (C=O) groups is 1. The maximum atomic E-state index is 13.1. The van der Waals surface area contributed by atoms with Crippen molar-refractivity contribution in [1.29, 1.82) is 0 Å². The van der Waals surface area contributed by atoms with Crippen molar-refractivity contribution in [3.05, 3.63) is 71.0 Å². The van der Waals surface area contributed by atoms with Gasteiger partial charge in [0, 0.05) is 13.1 Å². The molecule has 1 aliphatic heterocycles. The van der Waals surface area contributed by atoms with Crippen LogP contribution in [0.4, 0.5) is 4.39 Å². The lowest BCUT2D eigenvalue weighted by molar-refractivity contribution is -0.127. The van der Waals surface area contributed by atoms with E-state index < -0.39 is 0 Å². The first-order valence-electron chi connectivity index (χ1n) is 9.35. The molecule has 3 rings (SSSR count).